The average molecular weight is 477 g/mol. The number of benzene rings is 1. The first-order valence-corrected chi connectivity index (χ1v) is 11.2. The SMILES string of the molecule is O=C(CCCC(NC(=O)c1ccccc1)C(=O)O)N[C@@H]1C(=O)N2C(C(=O)O)=C(CO)CS[C@@H]12. The first kappa shape index (κ1) is 24.3. The molecule has 1 unspecified atom stereocenters. The van der Waals surface area contributed by atoms with Gasteiger partial charge in [0, 0.05) is 17.7 Å². The van der Waals surface area contributed by atoms with E-state index in [2.05, 4.69) is 10.6 Å². The predicted octanol–water partition coefficient (Wildman–Crippen LogP) is -0.229. The minimum absolute atomic E-state index is 0.00992. The predicted molar refractivity (Wildman–Crippen MR) is 116 cm³/mol. The second kappa shape index (κ2) is 10.5. The largest absolute Gasteiger partial charge is 0.480 e. The van der Waals surface area contributed by atoms with Gasteiger partial charge in [0.15, 0.2) is 0 Å². The van der Waals surface area contributed by atoms with Crippen LogP contribution in [-0.4, -0.2) is 79.7 Å². The number of carbonyl (C=O) groups is 5. The molecule has 2 aliphatic rings. The molecule has 3 rings (SSSR count). The number of rotatable bonds is 10. The molecule has 0 aliphatic carbocycles. The zero-order chi connectivity index (χ0) is 24.1. The average Bonchev–Trinajstić information content (AvgIpc) is 2.80. The summed E-state index contributed by atoms with van der Waals surface area (Å²) in [7, 11) is 0. The van der Waals surface area contributed by atoms with Gasteiger partial charge in [0.25, 0.3) is 11.8 Å². The number of aliphatic carboxylic acids is 2. The van der Waals surface area contributed by atoms with Crippen molar-refractivity contribution in [3.63, 3.8) is 0 Å². The minimum Gasteiger partial charge on any atom is -0.480 e. The summed E-state index contributed by atoms with van der Waals surface area (Å²) in [6, 6.07) is 6.07. The zero-order valence-electron chi connectivity index (χ0n) is 17.4. The summed E-state index contributed by atoms with van der Waals surface area (Å²) < 4.78 is 0. The van der Waals surface area contributed by atoms with Crippen molar-refractivity contribution in [2.24, 2.45) is 0 Å². The smallest absolute Gasteiger partial charge is 0.352 e. The third-order valence-electron chi connectivity index (χ3n) is 5.29. The fraction of sp³-hybridized carbons (Fsp3) is 0.381. The van der Waals surface area contributed by atoms with Crippen molar-refractivity contribution in [1.29, 1.82) is 0 Å². The van der Waals surface area contributed by atoms with E-state index in [-0.39, 0.29) is 36.3 Å². The number of carboxylic acids is 2. The van der Waals surface area contributed by atoms with Gasteiger partial charge in [0.05, 0.1) is 6.61 Å². The number of amides is 3. The van der Waals surface area contributed by atoms with Crippen LogP contribution in [0, 0.1) is 0 Å². The van der Waals surface area contributed by atoms with E-state index in [4.69, 9.17) is 0 Å². The van der Waals surface area contributed by atoms with Crippen molar-refractivity contribution in [2.45, 2.75) is 36.7 Å². The molecule has 1 fully saturated rings. The van der Waals surface area contributed by atoms with Gasteiger partial charge in [-0.3, -0.25) is 19.3 Å². The lowest BCUT2D eigenvalue weighted by atomic mass is 10.0. The van der Waals surface area contributed by atoms with Crippen molar-refractivity contribution < 1.29 is 39.3 Å². The molecule has 1 aromatic rings. The van der Waals surface area contributed by atoms with Crippen LogP contribution in [0.5, 0.6) is 0 Å². The van der Waals surface area contributed by atoms with Crippen molar-refractivity contribution in [3.8, 4) is 0 Å². The Balaban J connectivity index is 1.50. The van der Waals surface area contributed by atoms with Crippen molar-refractivity contribution >= 4 is 41.4 Å². The fourth-order valence-electron chi connectivity index (χ4n) is 3.61. The van der Waals surface area contributed by atoms with Crippen molar-refractivity contribution in [2.75, 3.05) is 12.4 Å². The third kappa shape index (κ3) is 5.34. The van der Waals surface area contributed by atoms with Crippen LogP contribution in [0.25, 0.3) is 0 Å². The molecular formula is C21H23N3O8S. The number of β-lactam (4-membered cyclic amide) rings is 1. The molecule has 12 heteroatoms. The standard InChI is InChI=1S/C21H23N3O8S/c25-9-12-10-33-19-15(18(28)24(19)16(12)21(31)32)23-14(26)8-4-7-13(20(29)30)22-17(27)11-5-2-1-3-6-11/h1-3,5-6,13,15,19,25H,4,7-10H2,(H,22,27)(H,23,26)(H,29,30)(H,31,32)/t13?,15-,19+/m1/s1. The van der Waals surface area contributed by atoms with Gasteiger partial charge in [-0.05, 0) is 30.5 Å². The number of nitrogens with one attached hydrogen (secondary N) is 2. The zero-order valence-corrected chi connectivity index (χ0v) is 18.2. The summed E-state index contributed by atoms with van der Waals surface area (Å²) in [5, 5.41) is 32.5. The van der Waals surface area contributed by atoms with E-state index in [9.17, 15) is 39.3 Å². The Labute approximate surface area is 192 Å². The third-order valence-corrected chi connectivity index (χ3v) is 6.63. The lowest BCUT2D eigenvalue weighted by molar-refractivity contribution is -0.150. The second-order valence-electron chi connectivity index (χ2n) is 7.49. The second-order valence-corrected chi connectivity index (χ2v) is 8.60. The van der Waals surface area contributed by atoms with Crippen LogP contribution >= 0.6 is 11.8 Å². The van der Waals surface area contributed by atoms with Gasteiger partial charge in [-0.15, -0.1) is 11.8 Å². The number of thioether (sulfide) groups is 1. The van der Waals surface area contributed by atoms with Gasteiger partial charge in [0.2, 0.25) is 5.91 Å². The highest BCUT2D eigenvalue weighted by molar-refractivity contribution is 8.00. The van der Waals surface area contributed by atoms with Crippen LogP contribution in [0.4, 0.5) is 0 Å². The topological polar surface area (TPSA) is 173 Å². The molecule has 0 spiro atoms. The summed E-state index contributed by atoms with van der Waals surface area (Å²) in [4.78, 5) is 60.9. The maximum Gasteiger partial charge on any atom is 0.352 e. The molecule has 1 saturated heterocycles. The van der Waals surface area contributed by atoms with E-state index in [0.717, 1.165) is 4.90 Å². The molecule has 176 valence electrons. The lowest BCUT2D eigenvalue weighted by Gasteiger charge is -2.49. The first-order chi connectivity index (χ1) is 15.7. The van der Waals surface area contributed by atoms with Crippen LogP contribution < -0.4 is 10.6 Å². The molecule has 0 bridgehead atoms. The Bertz CT molecular complexity index is 996. The highest BCUT2D eigenvalue weighted by atomic mass is 32.2. The van der Waals surface area contributed by atoms with Gasteiger partial charge in [-0.1, -0.05) is 18.2 Å². The summed E-state index contributed by atoms with van der Waals surface area (Å²) in [5.74, 6) is -3.93. The number of carboxylic acid groups (broad SMARTS) is 2. The Kier molecular flexibility index (Phi) is 7.71. The molecule has 0 saturated carbocycles. The molecule has 33 heavy (non-hydrogen) atoms. The number of fused-ring (bicyclic) bond motifs is 1. The number of aliphatic hydroxyl groups excluding tert-OH is 1. The number of hydrogen-bond donors (Lipinski definition) is 5. The van der Waals surface area contributed by atoms with E-state index < -0.39 is 53.7 Å². The summed E-state index contributed by atoms with van der Waals surface area (Å²) >= 11 is 1.24. The number of nitrogens with zero attached hydrogens (tertiary/aromatic N) is 1. The molecule has 2 aliphatic heterocycles. The van der Waals surface area contributed by atoms with E-state index in [1.165, 1.54) is 11.8 Å². The number of hydrogen-bond acceptors (Lipinski definition) is 7. The normalized spacial score (nSPS) is 20.4. The maximum absolute atomic E-state index is 12.4. The van der Waals surface area contributed by atoms with Crippen LogP contribution in [0.2, 0.25) is 0 Å². The summed E-state index contributed by atoms with van der Waals surface area (Å²) in [5.41, 5.74) is 0.299. The molecule has 11 nitrogen and oxygen atoms in total. The van der Waals surface area contributed by atoms with Crippen LogP contribution in [0.3, 0.4) is 0 Å². The van der Waals surface area contributed by atoms with Gasteiger partial charge in [0.1, 0.15) is 23.2 Å². The van der Waals surface area contributed by atoms with Crippen LogP contribution in [-0.2, 0) is 19.2 Å². The minimum atomic E-state index is -1.32. The number of aliphatic hydroxyl groups is 1. The Hall–Kier alpha value is -3.38. The molecule has 1 aromatic carbocycles. The van der Waals surface area contributed by atoms with Crippen molar-refractivity contribution in [3.05, 3.63) is 47.2 Å². The van der Waals surface area contributed by atoms with Crippen LogP contribution in [0.15, 0.2) is 41.6 Å². The molecular weight excluding hydrogens is 454 g/mol. The molecule has 0 radical (unpaired) electrons. The molecule has 0 aromatic heterocycles. The van der Waals surface area contributed by atoms with Gasteiger partial charge >= 0.3 is 11.9 Å². The van der Waals surface area contributed by atoms with Gasteiger partial charge < -0.3 is 26.0 Å². The lowest BCUT2D eigenvalue weighted by Crippen LogP contribution is -2.70. The fourth-order valence-corrected chi connectivity index (χ4v) is 4.94. The maximum atomic E-state index is 12.4. The van der Waals surface area contributed by atoms with E-state index in [1.54, 1.807) is 30.3 Å². The Morgan fingerprint density at radius 3 is 2.45 bits per heavy atom. The number of carbonyl (C=O) groups excluding carboxylic acids is 3. The molecule has 3 amide bonds. The summed E-state index contributed by atoms with van der Waals surface area (Å²) in [6.07, 6.45) is 0.0842. The van der Waals surface area contributed by atoms with E-state index in [1.807, 2.05) is 0 Å². The molecule has 5 N–H and O–H groups in total. The van der Waals surface area contributed by atoms with Gasteiger partial charge in [-0.25, -0.2) is 9.59 Å². The van der Waals surface area contributed by atoms with E-state index >= 15 is 0 Å². The van der Waals surface area contributed by atoms with Gasteiger partial charge in [-0.2, -0.15) is 0 Å². The highest BCUT2D eigenvalue weighted by Gasteiger charge is 2.54. The highest BCUT2D eigenvalue weighted by Crippen LogP contribution is 2.40. The Morgan fingerprint density at radius 1 is 1.15 bits per heavy atom. The monoisotopic (exact) mass is 477 g/mol. The summed E-state index contributed by atoms with van der Waals surface area (Å²) in [6.45, 7) is -0.478. The van der Waals surface area contributed by atoms with E-state index in [0.29, 0.717) is 5.56 Å². The van der Waals surface area contributed by atoms with Crippen LogP contribution in [0.1, 0.15) is 29.6 Å². The Morgan fingerprint density at radius 2 is 1.85 bits per heavy atom. The quantitative estimate of drug-likeness (QED) is 0.285. The first-order valence-electron chi connectivity index (χ1n) is 10.1. The molecule has 2 heterocycles. The molecule has 3 atom stereocenters. The van der Waals surface area contributed by atoms with Crippen molar-refractivity contribution in [1.82, 2.24) is 15.5 Å².